The second-order valence-corrected chi connectivity index (χ2v) is 9.75. The SMILES string of the molecule is Cc1cc(C2(c3cc(C)c(Br)c(C)c3O)OC(=O)c3c(C(=O)O)cccc32)c(O)c(C)c1Br. The monoisotopic (exact) mass is 574 g/mol. The molecule has 0 radical (unpaired) electrons. The maximum atomic E-state index is 13.2. The van der Waals surface area contributed by atoms with E-state index in [4.69, 9.17) is 4.74 Å². The molecule has 3 N–H and O–H groups in total. The van der Waals surface area contributed by atoms with Crippen LogP contribution in [0.3, 0.4) is 0 Å². The maximum Gasteiger partial charge on any atom is 0.341 e. The Labute approximate surface area is 207 Å². The number of phenolic OH excluding ortho intramolecular Hbond substituents is 2. The van der Waals surface area contributed by atoms with Crippen LogP contribution in [0.4, 0.5) is 0 Å². The molecule has 1 aliphatic rings. The Morgan fingerprint density at radius 1 is 0.879 bits per heavy atom. The van der Waals surface area contributed by atoms with Gasteiger partial charge in [-0.15, -0.1) is 0 Å². The maximum absolute atomic E-state index is 13.2. The second-order valence-electron chi connectivity index (χ2n) is 8.16. The van der Waals surface area contributed by atoms with Crippen molar-refractivity contribution in [1.82, 2.24) is 0 Å². The highest BCUT2D eigenvalue weighted by molar-refractivity contribution is 9.10. The third kappa shape index (κ3) is 3.19. The number of aryl methyl sites for hydroxylation is 2. The first-order valence-corrected chi connectivity index (χ1v) is 11.6. The van der Waals surface area contributed by atoms with E-state index in [1.165, 1.54) is 12.1 Å². The van der Waals surface area contributed by atoms with E-state index in [9.17, 15) is 24.9 Å². The summed E-state index contributed by atoms with van der Waals surface area (Å²) in [5.41, 5.74) is 1.18. The summed E-state index contributed by atoms with van der Waals surface area (Å²) in [6.07, 6.45) is 0. The number of cyclic esters (lactones) is 1. The van der Waals surface area contributed by atoms with Crippen LogP contribution in [0, 0.1) is 27.7 Å². The molecule has 0 saturated carbocycles. The van der Waals surface area contributed by atoms with E-state index in [0.717, 1.165) is 11.1 Å². The van der Waals surface area contributed by atoms with Gasteiger partial charge in [0.1, 0.15) is 11.5 Å². The highest BCUT2D eigenvalue weighted by Crippen LogP contribution is 2.55. The normalized spacial score (nSPS) is 14.2. The zero-order chi connectivity index (χ0) is 24.4. The molecule has 3 aromatic carbocycles. The first kappa shape index (κ1) is 23.3. The summed E-state index contributed by atoms with van der Waals surface area (Å²) in [5, 5.41) is 32.2. The molecule has 0 aromatic heterocycles. The van der Waals surface area contributed by atoms with Crippen LogP contribution in [0.25, 0.3) is 0 Å². The van der Waals surface area contributed by atoms with E-state index >= 15 is 0 Å². The summed E-state index contributed by atoms with van der Waals surface area (Å²) >= 11 is 6.93. The van der Waals surface area contributed by atoms with Gasteiger partial charge in [0.2, 0.25) is 0 Å². The fourth-order valence-electron chi connectivity index (χ4n) is 4.47. The number of carbonyl (C=O) groups is 2. The van der Waals surface area contributed by atoms with Crippen molar-refractivity contribution in [3.63, 3.8) is 0 Å². The molecule has 170 valence electrons. The van der Waals surface area contributed by atoms with Gasteiger partial charge < -0.3 is 20.1 Å². The largest absolute Gasteiger partial charge is 0.507 e. The van der Waals surface area contributed by atoms with Crippen LogP contribution in [0.1, 0.15) is 59.7 Å². The van der Waals surface area contributed by atoms with Gasteiger partial charge in [0.15, 0.2) is 5.60 Å². The number of carbonyl (C=O) groups excluding carboxylic acids is 1. The minimum absolute atomic E-state index is 0.111. The van der Waals surface area contributed by atoms with Crippen LogP contribution in [0.5, 0.6) is 11.5 Å². The Morgan fingerprint density at radius 3 is 1.82 bits per heavy atom. The highest BCUT2D eigenvalue weighted by Gasteiger charge is 2.53. The predicted octanol–water partition coefficient (Wildman–Crippen LogP) is 6.02. The molecule has 0 aliphatic carbocycles. The molecule has 0 unspecified atom stereocenters. The summed E-state index contributed by atoms with van der Waals surface area (Å²) in [6, 6.07) is 7.78. The van der Waals surface area contributed by atoms with Gasteiger partial charge in [0.05, 0.1) is 11.1 Å². The van der Waals surface area contributed by atoms with E-state index in [2.05, 4.69) is 31.9 Å². The molecular weight excluding hydrogens is 556 g/mol. The van der Waals surface area contributed by atoms with Crippen molar-refractivity contribution in [2.45, 2.75) is 33.3 Å². The van der Waals surface area contributed by atoms with E-state index < -0.39 is 17.5 Å². The van der Waals surface area contributed by atoms with Gasteiger partial charge in [-0.1, -0.05) is 44.0 Å². The zero-order valence-corrected chi connectivity index (χ0v) is 21.4. The van der Waals surface area contributed by atoms with Gasteiger partial charge in [0.25, 0.3) is 0 Å². The minimum atomic E-state index is -1.77. The average Bonchev–Trinajstić information content (AvgIpc) is 3.08. The molecular formula is C25H20Br2O6. The van der Waals surface area contributed by atoms with Crippen molar-refractivity contribution in [3.8, 4) is 11.5 Å². The van der Waals surface area contributed by atoms with Crippen LogP contribution in [-0.4, -0.2) is 27.3 Å². The number of aromatic carboxylic acids is 1. The Bertz CT molecular complexity index is 1310. The molecule has 6 nitrogen and oxygen atoms in total. The molecule has 1 aliphatic heterocycles. The summed E-state index contributed by atoms with van der Waals surface area (Å²) in [5.74, 6) is -2.39. The number of carboxylic acid groups (broad SMARTS) is 1. The van der Waals surface area contributed by atoms with Crippen molar-refractivity contribution in [2.75, 3.05) is 0 Å². The molecule has 1 heterocycles. The fraction of sp³-hybridized carbons (Fsp3) is 0.200. The first-order valence-electron chi connectivity index (χ1n) is 10.0. The summed E-state index contributed by atoms with van der Waals surface area (Å²) in [6.45, 7) is 7.09. The van der Waals surface area contributed by atoms with E-state index in [1.807, 2.05) is 13.8 Å². The van der Waals surface area contributed by atoms with Crippen LogP contribution in [0.15, 0.2) is 39.3 Å². The quantitative estimate of drug-likeness (QED) is 0.330. The first-order chi connectivity index (χ1) is 15.4. The lowest BCUT2D eigenvalue weighted by molar-refractivity contribution is 0.0236. The number of rotatable bonds is 3. The highest BCUT2D eigenvalue weighted by atomic mass is 79.9. The van der Waals surface area contributed by atoms with Crippen molar-refractivity contribution < 1.29 is 29.6 Å². The van der Waals surface area contributed by atoms with Crippen LogP contribution in [-0.2, 0) is 10.3 Å². The molecule has 0 fully saturated rings. The van der Waals surface area contributed by atoms with Crippen molar-refractivity contribution in [1.29, 1.82) is 0 Å². The van der Waals surface area contributed by atoms with E-state index in [0.29, 0.717) is 20.1 Å². The molecule has 0 saturated heterocycles. The topological polar surface area (TPSA) is 104 Å². The number of ether oxygens (including phenoxy) is 1. The van der Waals surface area contributed by atoms with Gasteiger partial charge in [-0.3, -0.25) is 0 Å². The summed E-state index contributed by atoms with van der Waals surface area (Å²) in [4.78, 5) is 25.1. The fourth-order valence-corrected chi connectivity index (χ4v) is 5.08. The number of aromatic hydroxyl groups is 2. The Morgan fingerprint density at radius 2 is 1.36 bits per heavy atom. The molecule has 4 rings (SSSR count). The van der Waals surface area contributed by atoms with Crippen LogP contribution < -0.4 is 0 Å². The Hall–Kier alpha value is -2.84. The lowest BCUT2D eigenvalue weighted by atomic mass is 9.76. The molecule has 0 atom stereocenters. The van der Waals surface area contributed by atoms with Crippen LogP contribution in [0.2, 0.25) is 0 Å². The van der Waals surface area contributed by atoms with E-state index in [1.54, 1.807) is 32.0 Å². The van der Waals surface area contributed by atoms with Crippen molar-refractivity contribution in [2.24, 2.45) is 0 Å². The molecule has 0 amide bonds. The molecule has 8 heteroatoms. The van der Waals surface area contributed by atoms with Gasteiger partial charge in [-0.25, -0.2) is 9.59 Å². The van der Waals surface area contributed by atoms with Gasteiger partial charge in [-0.2, -0.15) is 0 Å². The van der Waals surface area contributed by atoms with Gasteiger partial charge in [-0.05, 0) is 57.0 Å². The Balaban J connectivity index is 2.25. The lowest BCUT2D eigenvalue weighted by Crippen LogP contribution is -2.30. The number of halogens is 2. The summed E-state index contributed by atoms with van der Waals surface area (Å²) in [7, 11) is 0. The average molecular weight is 576 g/mol. The number of esters is 1. The van der Waals surface area contributed by atoms with E-state index in [-0.39, 0.29) is 39.3 Å². The minimum Gasteiger partial charge on any atom is -0.507 e. The molecule has 3 aromatic rings. The summed E-state index contributed by atoms with van der Waals surface area (Å²) < 4.78 is 7.37. The number of benzene rings is 3. The van der Waals surface area contributed by atoms with Crippen molar-refractivity contribution >= 4 is 43.8 Å². The third-order valence-electron chi connectivity index (χ3n) is 6.18. The van der Waals surface area contributed by atoms with Gasteiger partial charge >= 0.3 is 11.9 Å². The predicted molar refractivity (Wildman–Crippen MR) is 129 cm³/mol. The zero-order valence-electron chi connectivity index (χ0n) is 18.2. The number of carboxylic acids is 1. The van der Waals surface area contributed by atoms with Crippen molar-refractivity contribution in [3.05, 3.63) is 89.3 Å². The smallest absolute Gasteiger partial charge is 0.341 e. The number of hydrogen-bond donors (Lipinski definition) is 3. The van der Waals surface area contributed by atoms with Gasteiger partial charge in [0, 0.05) is 36.8 Å². The van der Waals surface area contributed by atoms with Crippen LogP contribution >= 0.6 is 31.9 Å². The molecule has 0 spiro atoms. The second kappa shape index (κ2) is 7.88. The number of fused-ring (bicyclic) bond motifs is 1. The Kier molecular flexibility index (Phi) is 5.57. The number of hydrogen-bond acceptors (Lipinski definition) is 5. The molecule has 33 heavy (non-hydrogen) atoms. The standard InChI is InChI=1S/C25H20Br2O6/c1-10-8-16(21(28)12(3)19(10)26)25(17-9-11(2)20(27)13(4)22(17)29)15-7-5-6-14(23(30)31)18(15)24(32)33-25/h5-9,28-29H,1-4H3,(H,30,31). The molecule has 0 bridgehead atoms. The third-order valence-corrected chi connectivity index (χ3v) is 8.62. The lowest BCUT2D eigenvalue weighted by Gasteiger charge is -2.33. The number of phenols is 2.